The first kappa shape index (κ1) is 21.7. The van der Waals surface area contributed by atoms with E-state index in [1.54, 1.807) is 12.1 Å². The first-order valence-corrected chi connectivity index (χ1v) is 11.0. The molecule has 4 aromatic rings. The molecule has 0 atom stereocenters. The average Bonchev–Trinajstić information content (AvgIpc) is 3.10. The lowest BCUT2D eigenvalue weighted by molar-refractivity contribution is 0.424. The molecule has 0 amide bonds. The van der Waals surface area contributed by atoms with Crippen molar-refractivity contribution in [2.45, 2.75) is 19.3 Å². The molecule has 0 saturated carbocycles. The fourth-order valence-corrected chi connectivity index (χ4v) is 5.08. The molecule has 6 heteroatoms. The van der Waals surface area contributed by atoms with Gasteiger partial charge in [0.15, 0.2) is 0 Å². The maximum absolute atomic E-state index is 9.96. The van der Waals surface area contributed by atoms with Crippen molar-refractivity contribution < 1.29 is 20.1 Å². The smallest absolute Gasteiger partial charge is 0.423 e. The van der Waals surface area contributed by atoms with E-state index in [1.165, 1.54) is 0 Å². The van der Waals surface area contributed by atoms with E-state index in [0.717, 1.165) is 44.5 Å². The van der Waals surface area contributed by atoms with Crippen molar-refractivity contribution in [3.8, 4) is 11.1 Å². The third kappa shape index (κ3) is 3.35. The van der Waals surface area contributed by atoms with Crippen LogP contribution in [0.5, 0.6) is 0 Å². The Labute approximate surface area is 194 Å². The second-order valence-corrected chi connectivity index (χ2v) is 8.84. The molecule has 4 nitrogen and oxygen atoms in total. The highest BCUT2D eigenvalue weighted by atomic mass is 16.4. The topological polar surface area (TPSA) is 80.9 Å². The minimum Gasteiger partial charge on any atom is -0.423 e. The number of hydrogen-bond acceptors (Lipinski definition) is 4. The summed E-state index contributed by atoms with van der Waals surface area (Å²) in [6.45, 7) is 4.08. The van der Waals surface area contributed by atoms with Gasteiger partial charge in [-0.3, -0.25) is 0 Å². The summed E-state index contributed by atoms with van der Waals surface area (Å²) in [4.78, 5) is 0. The molecule has 1 aliphatic carbocycles. The van der Waals surface area contributed by atoms with Crippen LogP contribution in [0.15, 0.2) is 84.9 Å². The molecule has 4 aromatic carbocycles. The Morgan fingerprint density at radius 2 is 0.879 bits per heavy atom. The number of fused-ring (bicyclic) bond motifs is 3. The lowest BCUT2D eigenvalue weighted by Crippen LogP contribution is -2.35. The lowest BCUT2D eigenvalue weighted by Gasteiger charge is -2.34. The van der Waals surface area contributed by atoms with Crippen molar-refractivity contribution in [1.82, 2.24) is 0 Å². The molecule has 0 aromatic heterocycles. The Morgan fingerprint density at radius 3 is 1.21 bits per heavy atom. The Hall–Kier alpha value is -3.15. The molecular weight excluding hydrogens is 410 g/mol. The van der Waals surface area contributed by atoms with Crippen LogP contribution in [-0.4, -0.2) is 34.3 Å². The van der Waals surface area contributed by atoms with E-state index in [-0.39, 0.29) is 0 Å². The van der Waals surface area contributed by atoms with Crippen LogP contribution in [0, 0.1) is 13.8 Å². The molecule has 0 saturated heterocycles. The molecule has 0 bridgehead atoms. The molecule has 4 N–H and O–H groups in total. The summed E-state index contributed by atoms with van der Waals surface area (Å²) in [6.07, 6.45) is 0. The lowest BCUT2D eigenvalue weighted by atomic mass is 9.65. The molecule has 0 radical (unpaired) electrons. The summed E-state index contributed by atoms with van der Waals surface area (Å²) in [5.74, 6) is 0. The summed E-state index contributed by atoms with van der Waals surface area (Å²) < 4.78 is 0. The van der Waals surface area contributed by atoms with Crippen LogP contribution in [0.4, 0.5) is 0 Å². The molecular formula is C27H24B2O4. The Morgan fingerprint density at radius 1 is 0.515 bits per heavy atom. The first-order valence-electron chi connectivity index (χ1n) is 11.0. The van der Waals surface area contributed by atoms with Crippen LogP contribution in [0.25, 0.3) is 11.1 Å². The van der Waals surface area contributed by atoms with Gasteiger partial charge in [-0.15, -0.1) is 0 Å². The quantitative estimate of drug-likeness (QED) is 0.327. The van der Waals surface area contributed by atoms with Crippen molar-refractivity contribution >= 4 is 25.2 Å². The fourth-order valence-electron chi connectivity index (χ4n) is 5.08. The highest BCUT2D eigenvalue weighted by Crippen LogP contribution is 2.55. The van der Waals surface area contributed by atoms with Gasteiger partial charge in [0.1, 0.15) is 0 Å². The molecule has 33 heavy (non-hydrogen) atoms. The van der Waals surface area contributed by atoms with Gasteiger partial charge < -0.3 is 20.1 Å². The van der Waals surface area contributed by atoms with Crippen molar-refractivity contribution in [3.63, 3.8) is 0 Å². The van der Waals surface area contributed by atoms with Crippen LogP contribution in [-0.2, 0) is 5.41 Å². The normalized spacial score (nSPS) is 13.4. The van der Waals surface area contributed by atoms with E-state index < -0.39 is 19.7 Å². The van der Waals surface area contributed by atoms with Crippen molar-refractivity contribution in [2.24, 2.45) is 0 Å². The monoisotopic (exact) mass is 434 g/mol. The molecule has 5 rings (SSSR count). The highest BCUT2D eigenvalue weighted by Gasteiger charge is 2.46. The van der Waals surface area contributed by atoms with Gasteiger partial charge in [-0.05, 0) is 58.2 Å². The van der Waals surface area contributed by atoms with Crippen LogP contribution in [0.1, 0.15) is 33.4 Å². The minimum atomic E-state index is -1.59. The molecule has 162 valence electrons. The van der Waals surface area contributed by atoms with Gasteiger partial charge in [0.2, 0.25) is 0 Å². The fraction of sp³-hybridized carbons (Fsp3) is 0.111. The standard InChI is InChI=1S/C27H24B2O4/c1-17-3-7-19(8-4-17)27(20-9-5-18(2)6-10-20)25-15-21(28(30)31)11-13-23(25)24-14-12-22(29(32)33)16-26(24)27/h3-16,30-33H,1-2H3. The zero-order valence-electron chi connectivity index (χ0n) is 18.5. The molecule has 0 aliphatic heterocycles. The summed E-state index contributed by atoms with van der Waals surface area (Å²) >= 11 is 0. The van der Waals surface area contributed by atoms with E-state index >= 15 is 0 Å². The van der Waals surface area contributed by atoms with Gasteiger partial charge in [-0.2, -0.15) is 0 Å². The maximum atomic E-state index is 9.96. The number of hydrogen-bond donors (Lipinski definition) is 4. The predicted octanol–water partition coefficient (Wildman–Crippen LogP) is 2.03. The van der Waals surface area contributed by atoms with Crippen molar-refractivity contribution in [1.29, 1.82) is 0 Å². The Balaban J connectivity index is 1.95. The third-order valence-electron chi connectivity index (χ3n) is 6.75. The van der Waals surface area contributed by atoms with E-state index in [0.29, 0.717) is 10.9 Å². The summed E-state index contributed by atoms with van der Waals surface area (Å²) in [7, 11) is -3.19. The largest absolute Gasteiger partial charge is 0.488 e. The predicted molar refractivity (Wildman–Crippen MR) is 133 cm³/mol. The van der Waals surface area contributed by atoms with Gasteiger partial charge in [-0.1, -0.05) is 96.1 Å². The summed E-state index contributed by atoms with van der Waals surface area (Å²) in [5, 5.41) is 39.8. The van der Waals surface area contributed by atoms with E-state index in [9.17, 15) is 20.1 Å². The molecule has 0 spiro atoms. The zero-order valence-corrected chi connectivity index (χ0v) is 18.5. The number of rotatable bonds is 4. The van der Waals surface area contributed by atoms with E-state index in [2.05, 4.69) is 48.5 Å². The molecule has 0 unspecified atom stereocenters. The van der Waals surface area contributed by atoms with Crippen molar-refractivity contribution in [3.05, 3.63) is 118 Å². The van der Waals surface area contributed by atoms with Gasteiger partial charge in [0.25, 0.3) is 0 Å². The Bertz CT molecular complexity index is 1220. The van der Waals surface area contributed by atoms with Crippen LogP contribution < -0.4 is 10.9 Å². The van der Waals surface area contributed by atoms with Crippen LogP contribution in [0.3, 0.4) is 0 Å². The molecule has 1 aliphatic rings. The SMILES string of the molecule is Cc1ccc(C2(c3ccc(C)cc3)c3cc(B(O)O)ccc3-c3ccc(B(O)O)cc32)cc1. The number of aryl methyl sites for hydroxylation is 2. The van der Waals surface area contributed by atoms with Gasteiger partial charge in [-0.25, -0.2) is 0 Å². The average molecular weight is 434 g/mol. The third-order valence-corrected chi connectivity index (χ3v) is 6.75. The van der Waals surface area contributed by atoms with Gasteiger partial charge in [0, 0.05) is 0 Å². The van der Waals surface area contributed by atoms with Crippen LogP contribution in [0.2, 0.25) is 0 Å². The van der Waals surface area contributed by atoms with Gasteiger partial charge >= 0.3 is 14.2 Å². The Kier molecular flexibility index (Phi) is 5.26. The molecule has 0 fully saturated rings. The second-order valence-electron chi connectivity index (χ2n) is 8.84. The maximum Gasteiger partial charge on any atom is 0.488 e. The summed E-state index contributed by atoms with van der Waals surface area (Å²) in [5.41, 5.74) is 8.19. The van der Waals surface area contributed by atoms with E-state index in [4.69, 9.17) is 0 Å². The van der Waals surface area contributed by atoms with Crippen LogP contribution >= 0.6 is 0 Å². The van der Waals surface area contributed by atoms with Gasteiger partial charge in [0.05, 0.1) is 5.41 Å². The minimum absolute atomic E-state index is 0.410. The second kappa shape index (κ2) is 8.01. The van der Waals surface area contributed by atoms with E-state index in [1.807, 2.05) is 38.1 Å². The zero-order chi connectivity index (χ0) is 23.3. The molecule has 0 heterocycles. The highest BCUT2D eigenvalue weighted by molar-refractivity contribution is 6.59. The number of benzene rings is 4. The first-order chi connectivity index (χ1) is 15.8. The summed E-state index contributed by atoms with van der Waals surface area (Å²) in [6, 6.07) is 27.7. The van der Waals surface area contributed by atoms with Crippen molar-refractivity contribution in [2.75, 3.05) is 0 Å².